The van der Waals surface area contributed by atoms with Crippen molar-refractivity contribution in [1.29, 1.82) is 0 Å². The Morgan fingerprint density at radius 1 is 0.431 bits per heavy atom. The minimum absolute atomic E-state index is 0.697. The lowest BCUT2D eigenvalue weighted by Crippen LogP contribution is -2.23. The van der Waals surface area contributed by atoms with E-state index in [4.69, 9.17) is 14.2 Å². The average Bonchev–Trinajstić information content (AvgIpc) is 3.58. The van der Waals surface area contributed by atoms with Gasteiger partial charge in [0, 0.05) is 0 Å². The van der Waals surface area contributed by atoms with Crippen LogP contribution in [0.5, 0.6) is 17.2 Å². The molecule has 0 saturated heterocycles. The molecule has 2 rings (SSSR count). The molecule has 51 heavy (non-hydrogen) atoms. The van der Waals surface area contributed by atoms with E-state index in [2.05, 4.69) is 67.8 Å². The number of benzene rings is 1. The lowest BCUT2D eigenvalue weighted by Gasteiger charge is -2.19. The van der Waals surface area contributed by atoms with Crippen LogP contribution in [-0.2, 0) is 7.05 Å². The number of nitrogens with zero attached hydrogens (tertiary/aromatic N) is 2. The van der Waals surface area contributed by atoms with Gasteiger partial charge in [0.1, 0.15) is 12.4 Å². The maximum atomic E-state index is 6.67. The van der Waals surface area contributed by atoms with Crippen molar-refractivity contribution < 1.29 is 18.8 Å². The average molecular weight is 712 g/mol. The molecule has 0 radical (unpaired) electrons. The van der Waals surface area contributed by atoms with Gasteiger partial charge < -0.3 is 14.2 Å². The minimum atomic E-state index is 0.697. The zero-order chi connectivity index (χ0) is 36.5. The molecule has 1 aromatic carbocycles. The molecule has 2 aromatic rings. The van der Waals surface area contributed by atoms with Crippen molar-refractivity contribution in [2.24, 2.45) is 7.05 Å². The predicted octanol–water partition coefficient (Wildman–Crippen LogP) is 14.2. The van der Waals surface area contributed by atoms with Crippen LogP contribution in [0.4, 0.5) is 0 Å². The van der Waals surface area contributed by atoms with Gasteiger partial charge in [0.15, 0.2) is 11.4 Å². The van der Waals surface area contributed by atoms with Crippen LogP contribution in [0.2, 0.25) is 0 Å². The highest BCUT2D eigenvalue weighted by molar-refractivity contribution is 5.62. The molecule has 5 nitrogen and oxygen atoms in total. The van der Waals surface area contributed by atoms with Gasteiger partial charge >= 0.3 is 0 Å². The van der Waals surface area contributed by atoms with Crippen LogP contribution in [-0.4, -0.2) is 24.4 Å². The Kier molecular flexibility index (Phi) is 28.7. The molecule has 0 aliphatic carbocycles. The molecule has 0 spiro atoms. The Morgan fingerprint density at radius 3 is 1.16 bits per heavy atom. The summed E-state index contributed by atoms with van der Waals surface area (Å²) in [6, 6.07) is 4.25. The molecule has 1 aromatic heterocycles. The second-order valence-electron chi connectivity index (χ2n) is 15.3. The summed E-state index contributed by atoms with van der Waals surface area (Å²) < 4.78 is 24.0. The third-order valence-electron chi connectivity index (χ3n) is 10.3. The van der Waals surface area contributed by atoms with Gasteiger partial charge in [0.2, 0.25) is 17.8 Å². The van der Waals surface area contributed by atoms with Gasteiger partial charge in [-0.05, 0) is 31.4 Å². The van der Waals surface area contributed by atoms with Crippen LogP contribution in [0.25, 0.3) is 5.69 Å². The number of hydrogen-bond acceptors (Lipinski definition) is 3. The van der Waals surface area contributed by atoms with Gasteiger partial charge in [-0.2, -0.15) is 4.57 Å². The SMILES string of the molecule is CCCCCCCCCCCCOc1ccc(-n2cc[n+](C)c2)c(OCCCCCCCCCCCC)c1OCCCCCCCCCCCC. The van der Waals surface area contributed by atoms with Crippen LogP contribution in [0.3, 0.4) is 0 Å². The van der Waals surface area contributed by atoms with Gasteiger partial charge in [-0.25, -0.2) is 4.57 Å². The van der Waals surface area contributed by atoms with Crippen molar-refractivity contribution in [3.8, 4) is 22.9 Å². The Bertz CT molecular complexity index is 1050. The molecule has 0 saturated carbocycles. The maximum Gasteiger partial charge on any atom is 0.248 e. The fourth-order valence-electron chi connectivity index (χ4n) is 7.02. The Hall–Kier alpha value is -2.17. The highest BCUT2D eigenvalue weighted by Crippen LogP contribution is 2.42. The second-order valence-corrected chi connectivity index (χ2v) is 15.3. The smallest absolute Gasteiger partial charge is 0.248 e. The van der Waals surface area contributed by atoms with Crippen LogP contribution >= 0.6 is 0 Å². The first-order chi connectivity index (χ1) is 25.2. The minimum Gasteiger partial charge on any atom is -0.490 e. The van der Waals surface area contributed by atoms with Gasteiger partial charge in [-0.15, -0.1) is 0 Å². The van der Waals surface area contributed by atoms with Crippen molar-refractivity contribution in [2.75, 3.05) is 19.8 Å². The lowest BCUT2D eigenvalue weighted by molar-refractivity contribution is -0.670. The van der Waals surface area contributed by atoms with Crippen LogP contribution < -0.4 is 18.8 Å². The lowest BCUT2D eigenvalue weighted by atomic mass is 10.1. The molecule has 0 unspecified atom stereocenters. The molecule has 0 atom stereocenters. The summed E-state index contributed by atoms with van der Waals surface area (Å²) in [5.41, 5.74) is 1.02. The van der Waals surface area contributed by atoms with E-state index < -0.39 is 0 Å². The Labute approximate surface area is 316 Å². The van der Waals surface area contributed by atoms with Crippen LogP contribution in [0.1, 0.15) is 213 Å². The highest BCUT2D eigenvalue weighted by Gasteiger charge is 2.22. The number of rotatable bonds is 37. The van der Waals surface area contributed by atoms with Gasteiger partial charge in [-0.3, -0.25) is 0 Å². The number of aryl methyl sites for hydroxylation is 1. The van der Waals surface area contributed by atoms with E-state index in [0.29, 0.717) is 13.2 Å². The number of imidazole rings is 1. The van der Waals surface area contributed by atoms with E-state index in [0.717, 1.165) is 48.8 Å². The van der Waals surface area contributed by atoms with Gasteiger partial charge in [0.25, 0.3) is 0 Å². The summed E-state index contributed by atoms with van der Waals surface area (Å²) >= 11 is 0. The summed E-state index contributed by atoms with van der Waals surface area (Å²) in [5, 5.41) is 0. The fraction of sp³-hybridized carbons (Fsp3) is 0.804. The predicted molar refractivity (Wildman–Crippen MR) is 219 cm³/mol. The van der Waals surface area contributed by atoms with E-state index in [1.165, 1.54) is 173 Å². The highest BCUT2D eigenvalue weighted by atomic mass is 16.5. The summed E-state index contributed by atoms with van der Waals surface area (Å²) in [6.45, 7) is 9.00. The van der Waals surface area contributed by atoms with Crippen molar-refractivity contribution in [3.63, 3.8) is 0 Å². The molecular weight excluding hydrogens is 629 g/mol. The van der Waals surface area contributed by atoms with Crippen LogP contribution in [0.15, 0.2) is 30.9 Å². The molecule has 0 aliphatic heterocycles. The zero-order valence-electron chi connectivity index (χ0n) is 34.3. The van der Waals surface area contributed by atoms with Crippen LogP contribution in [0, 0.1) is 0 Å². The molecule has 0 bridgehead atoms. The molecule has 294 valence electrons. The normalized spacial score (nSPS) is 11.4. The molecule has 5 heteroatoms. The van der Waals surface area contributed by atoms with Gasteiger partial charge in [-0.1, -0.05) is 194 Å². The second kappa shape index (κ2) is 32.5. The molecule has 0 fully saturated rings. The standard InChI is InChI=1S/C46H83N2O3/c1-5-8-11-14-17-20-23-26-29-32-39-49-44-36-35-43(48-38-37-47(4)42-48)45(50-40-33-30-27-24-21-18-15-12-9-6-2)46(44)51-41-34-31-28-25-22-19-16-13-10-7-3/h35-38,42H,5-34,39-41H2,1-4H3/q+1. The van der Waals surface area contributed by atoms with E-state index >= 15 is 0 Å². The van der Waals surface area contributed by atoms with Crippen molar-refractivity contribution in [2.45, 2.75) is 213 Å². The molecule has 0 N–H and O–H groups in total. The van der Waals surface area contributed by atoms with E-state index in [1.54, 1.807) is 0 Å². The van der Waals surface area contributed by atoms with E-state index in [1.807, 2.05) is 0 Å². The first-order valence-electron chi connectivity index (χ1n) is 22.3. The quantitative estimate of drug-likeness (QED) is 0.0517. The summed E-state index contributed by atoms with van der Waals surface area (Å²) in [4.78, 5) is 0. The molecule has 0 amide bonds. The third kappa shape index (κ3) is 22.5. The monoisotopic (exact) mass is 712 g/mol. The van der Waals surface area contributed by atoms with E-state index in [9.17, 15) is 0 Å². The summed E-state index contributed by atoms with van der Waals surface area (Å²) in [7, 11) is 2.06. The Balaban J connectivity index is 1.96. The molecular formula is C46H83N2O3+. The van der Waals surface area contributed by atoms with Crippen molar-refractivity contribution in [1.82, 2.24) is 4.57 Å². The van der Waals surface area contributed by atoms with Crippen molar-refractivity contribution in [3.05, 3.63) is 30.9 Å². The van der Waals surface area contributed by atoms with E-state index in [-0.39, 0.29) is 0 Å². The summed E-state index contributed by atoms with van der Waals surface area (Å²) in [5.74, 6) is 2.45. The number of ether oxygens (including phenoxy) is 3. The number of aromatic nitrogens is 2. The summed E-state index contributed by atoms with van der Waals surface area (Å²) in [6.07, 6.45) is 45.9. The first-order valence-corrected chi connectivity index (χ1v) is 22.3. The van der Waals surface area contributed by atoms with Gasteiger partial charge in [0.05, 0.1) is 26.9 Å². The number of unbranched alkanes of at least 4 members (excludes halogenated alkanes) is 27. The largest absolute Gasteiger partial charge is 0.490 e. The first kappa shape index (κ1) is 45.0. The molecule has 1 heterocycles. The van der Waals surface area contributed by atoms with Crippen molar-refractivity contribution >= 4 is 0 Å². The third-order valence-corrected chi connectivity index (χ3v) is 10.3. The maximum absolute atomic E-state index is 6.67. The molecule has 0 aliphatic rings. The fourth-order valence-corrected chi connectivity index (χ4v) is 7.02. The topological polar surface area (TPSA) is 36.5 Å². The zero-order valence-corrected chi connectivity index (χ0v) is 34.3. The Morgan fingerprint density at radius 2 is 0.784 bits per heavy atom. The number of hydrogen-bond donors (Lipinski definition) is 0.